The molecule has 7 aromatic rings. The van der Waals surface area contributed by atoms with Crippen molar-refractivity contribution >= 4 is 117 Å². The van der Waals surface area contributed by atoms with Gasteiger partial charge in [0.1, 0.15) is 83.4 Å². The minimum Gasteiger partial charge on any atom is -0.616 e. The Hall–Kier alpha value is -13.7. The number of fused-ring (bicyclic) bond motifs is 1. The van der Waals surface area contributed by atoms with E-state index in [1.807, 2.05) is 6.92 Å². The summed E-state index contributed by atoms with van der Waals surface area (Å²) in [4.78, 5) is 236. The van der Waals surface area contributed by atoms with Gasteiger partial charge in [-0.3, -0.25) is 76.7 Å². The Kier molecular flexibility index (Phi) is 41.0. The van der Waals surface area contributed by atoms with Gasteiger partial charge in [-0.15, -0.1) is 0 Å². The fourth-order valence-corrected chi connectivity index (χ4v) is 15.7. The van der Waals surface area contributed by atoms with Gasteiger partial charge in [0.25, 0.3) is 0 Å². The Labute approximate surface area is 764 Å². The van der Waals surface area contributed by atoms with Crippen LogP contribution < -0.4 is 53.6 Å². The first kappa shape index (κ1) is 104. The van der Waals surface area contributed by atoms with Gasteiger partial charge < -0.3 is 103 Å². The summed E-state index contributed by atoms with van der Waals surface area (Å²) in [5.74, 6) is -15.5. The standard InChI is InChI=1S/C94H122N16O20S/c1-12-14-34-76(108(9)93(128)78(48-61-30-22-17-23-31-61)110(11)91(126)73(98-56-111)45-59-26-18-15-19-27-59)92(127)107(8)54-81(116)100-72(50-82(117)118)88(123)105-83(58(5)6)94(129)109(10)77(47-60-28-20-16-21-29-60)89(124)103-74(46-63-37-41-66(113)42-38-63)90(125)106(7)53-80(115)99-71(49-64-51-96-68-33-25-24-32-67(64)68)87(122)102-70(44-62-35-39-65(112)40-36-62)86(121)101-69(43-57(3)4)85(120)104-75(55-131(130)13-2)84(119)97-52-79(95)114/h15-33,35-42,51,56-58,69-78,83,96,112-113H,12-14,34,43-50,52-55H2,1-11H3,(H2,95,114)(H,97,119)(H,98,111)(H,99,115)(H,100,116)(H,101,121)(H,102,122)(H,103,124)(H,104,120)(H,105,123)(H,117,118)/t69-,70-,71-,72-,73-,74-,75-,76-,77-,78-,83-,131?/m0/s1. The molecule has 131 heavy (non-hydrogen) atoms. The van der Waals surface area contributed by atoms with Crippen molar-refractivity contribution in [3.8, 4) is 11.5 Å². The Bertz CT molecular complexity index is 5050. The number of benzene rings is 6. The molecule has 36 nitrogen and oxygen atoms in total. The summed E-state index contributed by atoms with van der Waals surface area (Å²) < 4.78 is 12.8. The number of carbonyl (C=O) groups excluding carboxylic acids is 15. The minimum atomic E-state index is -1.90. The van der Waals surface area contributed by atoms with Gasteiger partial charge in [0.15, 0.2) is 6.04 Å². The Morgan fingerprint density at radius 1 is 0.458 bits per heavy atom. The molecule has 15 N–H and O–H groups in total. The van der Waals surface area contributed by atoms with Crippen LogP contribution in [0.15, 0.2) is 170 Å². The zero-order valence-electron chi connectivity index (χ0n) is 75.6. The highest BCUT2D eigenvalue weighted by atomic mass is 32.2. The number of carboxylic acids is 1. The van der Waals surface area contributed by atoms with Gasteiger partial charge in [-0.1, -0.05) is 192 Å². The fourth-order valence-electron chi connectivity index (χ4n) is 14.8. The first-order chi connectivity index (χ1) is 62.3. The van der Waals surface area contributed by atoms with Crippen LogP contribution in [-0.2, 0) is 126 Å². The molecule has 1 heterocycles. The molecular weight excluding hydrogens is 1710 g/mol. The molecule has 0 aliphatic rings. The zero-order chi connectivity index (χ0) is 96.3. The molecular formula is C94H122N16O20S. The number of likely N-dealkylation sites (N-methyl/N-ethyl adjacent to an activating group) is 5. The van der Waals surface area contributed by atoms with E-state index in [1.165, 1.54) is 93.6 Å². The van der Waals surface area contributed by atoms with Crippen LogP contribution >= 0.6 is 0 Å². The number of carbonyl (C=O) groups is 16. The maximum absolute atomic E-state index is 15.4. The highest BCUT2D eigenvalue weighted by Crippen LogP contribution is 2.24. The molecule has 0 saturated carbocycles. The smallest absolute Gasteiger partial charge is 0.305 e. The lowest BCUT2D eigenvalue weighted by Gasteiger charge is -2.37. The summed E-state index contributed by atoms with van der Waals surface area (Å²) in [5.41, 5.74) is 9.17. The number of rotatable bonds is 52. The van der Waals surface area contributed by atoms with Gasteiger partial charge in [0.2, 0.25) is 89.1 Å². The van der Waals surface area contributed by atoms with Crippen molar-refractivity contribution in [1.82, 2.24) is 77.3 Å². The number of phenolic OH excluding ortho intramolecular Hbond substituents is 2. The number of phenols is 2. The minimum absolute atomic E-state index is 0.00236. The number of aromatic nitrogens is 1. The molecule has 0 radical (unpaired) electrons. The van der Waals surface area contributed by atoms with Gasteiger partial charge in [0, 0.05) is 90.9 Å². The van der Waals surface area contributed by atoms with Crippen molar-refractivity contribution in [2.24, 2.45) is 17.6 Å². The summed E-state index contributed by atoms with van der Waals surface area (Å²) in [6, 6.07) is 28.5. The molecule has 0 aliphatic carbocycles. The number of carboxylic acid groups (broad SMARTS) is 1. The number of para-hydroxylation sites is 1. The van der Waals surface area contributed by atoms with Crippen molar-refractivity contribution in [1.29, 1.82) is 0 Å². The summed E-state index contributed by atoms with van der Waals surface area (Å²) in [7, 11) is 6.64. The van der Waals surface area contributed by atoms with E-state index in [0.29, 0.717) is 58.0 Å². The predicted octanol–water partition coefficient (Wildman–Crippen LogP) is 1.98. The highest BCUT2D eigenvalue weighted by Gasteiger charge is 2.42. The first-order valence-electron chi connectivity index (χ1n) is 43.3. The summed E-state index contributed by atoms with van der Waals surface area (Å²) in [6.45, 7) is 7.92. The van der Waals surface area contributed by atoms with Gasteiger partial charge in [-0.05, 0) is 95.3 Å². The monoisotopic (exact) mass is 1830 g/mol. The number of aromatic hydroxyl groups is 2. The van der Waals surface area contributed by atoms with E-state index < -0.39 is 198 Å². The number of unbranched alkanes of at least 4 members (excludes halogenated alkanes) is 1. The lowest BCUT2D eigenvalue weighted by atomic mass is 9.98. The van der Waals surface area contributed by atoms with Crippen LogP contribution in [0.5, 0.6) is 11.5 Å². The molecule has 704 valence electrons. The molecule has 0 fully saturated rings. The van der Waals surface area contributed by atoms with Crippen LogP contribution in [-0.4, -0.2) is 277 Å². The van der Waals surface area contributed by atoms with Crippen LogP contribution in [0.1, 0.15) is 107 Å². The molecule has 1 unspecified atom stereocenters. The van der Waals surface area contributed by atoms with Gasteiger partial charge in [-0.2, -0.15) is 0 Å². The van der Waals surface area contributed by atoms with Crippen molar-refractivity contribution in [2.75, 3.05) is 66.4 Å². The van der Waals surface area contributed by atoms with Crippen LogP contribution in [0.4, 0.5) is 0 Å². The Balaban J connectivity index is 1.12. The number of H-pyrrole nitrogens is 1. The van der Waals surface area contributed by atoms with E-state index in [1.54, 1.807) is 156 Å². The third-order valence-electron chi connectivity index (χ3n) is 22.2. The van der Waals surface area contributed by atoms with Gasteiger partial charge in [0.05, 0.1) is 26.1 Å². The number of nitrogens with one attached hydrogen (secondary N) is 10. The second-order valence-electron chi connectivity index (χ2n) is 33.2. The molecule has 0 spiro atoms. The molecule has 7 rings (SSSR count). The molecule has 0 bridgehead atoms. The van der Waals surface area contributed by atoms with Crippen LogP contribution in [0.3, 0.4) is 0 Å². The van der Waals surface area contributed by atoms with E-state index in [-0.39, 0.29) is 80.3 Å². The normalized spacial score (nSPS) is 13.9. The van der Waals surface area contributed by atoms with Gasteiger partial charge >= 0.3 is 5.97 Å². The number of amides is 15. The maximum Gasteiger partial charge on any atom is 0.305 e. The molecule has 12 atom stereocenters. The van der Waals surface area contributed by atoms with E-state index in [2.05, 4.69) is 52.8 Å². The zero-order valence-corrected chi connectivity index (χ0v) is 76.4. The van der Waals surface area contributed by atoms with Crippen LogP contribution in [0, 0.1) is 11.8 Å². The number of hydrogen-bond acceptors (Lipinski definition) is 19. The predicted molar refractivity (Wildman–Crippen MR) is 489 cm³/mol. The maximum atomic E-state index is 15.4. The van der Waals surface area contributed by atoms with Crippen molar-refractivity contribution in [3.63, 3.8) is 0 Å². The average molecular weight is 1830 g/mol. The van der Waals surface area contributed by atoms with E-state index in [4.69, 9.17) is 5.73 Å². The van der Waals surface area contributed by atoms with Crippen molar-refractivity contribution in [2.45, 2.75) is 179 Å². The van der Waals surface area contributed by atoms with Crippen LogP contribution in [0.25, 0.3) is 10.9 Å². The van der Waals surface area contributed by atoms with Crippen LogP contribution in [0.2, 0.25) is 0 Å². The average Bonchev–Trinajstić information content (AvgIpc) is 1.81. The van der Waals surface area contributed by atoms with E-state index in [9.17, 15) is 72.6 Å². The third-order valence-corrected chi connectivity index (χ3v) is 23.5. The summed E-state index contributed by atoms with van der Waals surface area (Å²) >= 11 is -1.63. The van der Waals surface area contributed by atoms with Crippen molar-refractivity contribution in [3.05, 3.63) is 203 Å². The third kappa shape index (κ3) is 32.5. The molecule has 37 heteroatoms. The molecule has 0 aliphatic heterocycles. The molecule has 0 saturated heterocycles. The largest absolute Gasteiger partial charge is 0.616 e. The highest BCUT2D eigenvalue weighted by molar-refractivity contribution is 7.91. The second kappa shape index (κ2) is 51.5. The summed E-state index contributed by atoms with van der Waals surface area (Å²) in [5, 5.41) is 54.9. The molecule has 1 aromatic heterocycles. The number of aromatic amines is 1. The Morgan fingerprint density at radius 3 is 1.42 bits per heavy atom. The number of nitrogens with zero attached hydrogens (tertiary/aromatic N) is 5. The summed E-state index contributed by atoms with van der Waals surface area (Å²) in [6.07, 6.45) is 1.10. The number of nitrogens with two attached hydrogens (primary N) is 1. The molecule has 15 amide bonds. The first-order valence-corrected chi connectivity index (χ1v) is 44.7. The topological polar surface area (TPSA) is 523 Å². The number of hydrogen-bond donors (Lipinski definition) is 14. The van der Waals surface area contributed by atoms with Gasteiger partial charge in [-0.25, -0.2) is 0 Å². The SMILES string of the molecule is CCCC[C@@H](C(=O)N(C)CC(=O)N[C@@H](CC(=O)O)C(=O)N[C@H](C(=O)N(C)[C@@H](Cc1ccccc1)C(=O)N[C@@H](Cc1ccc(O)cc1)C(=O)N(C)CC(=O)N[C@@H](Cc1c[nH]c2ccccc12)C(=O)N[C@@H](Cc1ccc(O)cc1)C(=O)N[C@@H](CC(C)C)C(=O)N[C@@H](C[S+]([O-])CC)C(=O)NCC(N)=O)C(C)C)N(C)C(=O)[C@H](Cc1ccccc1)N(C)C(=O)[C@H](Cc1ccccc1)NC=O. The van der Waals surface area contributed by atoms with E-state index in [0.717, 1.165) is 20.3 Å². The lowest BCUT2D eigenvalue weighted by molar-refractivity contribution is -0.151. The number of aliphatic carboxylic acids is 1. The second-order valence-corrected chi connectivity index (χ2v) is 34.9. The Morgan fingerprint density at radius 2 is 0.901 bits per heavy atom. The van der Waals surface area contributed by atoms with Crippen molar-refractivity contribution < 1.29 is 96.6 Å². The fraction of sp³-hybridized carbons (Fsp3) is 0.426. The quantitative estimate of drug-likeness (QED) is 0.0191. The molecule has 6 aromatic carbocycles. The lowest BCUT2D eigenvalue weighted by Crippen LogP contribution is -2.61. The van der Waals surface area contributed by atoms with E-state index >= 15 is 24.0 Å². The number of primary amides is 1.